The quantitative estimate of drug-likeness (QED) is 0.786. The summed E-state index contributed by atoms with van der Waals surface area (Å²) in [5, 5.41) is 3.26. The van der Waals surface area contributed by atoms with Crippen LogP contribution in [-0.2, 0) is 0 Å². The summed E-state index contributed by atoms with van der Waals surface area (Å²) in [6.07, 6.45) is 0. The molecule has 0 saturated carbocycles. The number of halogens is 4. The molecule has 98 valence electrons. The maximum atomic E-state index is 13.0. The van der Waals surface area contributed by atoms with Gasteiger partial charge in [-0.15, -0.1) is 0 Å². The largest absolute Gasteiger partial charge is 0.319 e. The fourth-order valence-electron chi connectivity index (χ4n) is 1.47. The minimum absolute atomic E-state index is 0.289. The van der Waals surface area contributed by atoms with Crippen LogP contribution in [0.25, 0.3) is 0 Å². The second kappa shape index (κ2) is 5.90. The molecule has 0 spiro atoms. The molecule has 0 unspecified atom stereocenters. The van der Waals surface area contributed by atoms with Gasteiger partial charge in [-0.3, -0.25) is 4.79 Å². The normalized spacial score (nSPS) is 10.3. The highest BCUT2D eigenvalue weighted by molar-refractivity contribution is 9.10. The van der Waals surface area contributed by atoms with E-state index in [0.29, 0.717) is 20.2 Å². The molecule has 0 radical (unpaired) electrons. The molecule has 0 atom stereocenters. The number of hydrogen-bond donors (Lipinski definition) is 1. The number of para-hydroxylation sites is 1. The van der Waals surface area contributed by atoms with E-state index in [1.165, 1.54) is 18.2 Å². The van der Waals surface area contributed by atoms with Gasteiger partial charge in [0, 0.05) is 4.47 Å². The van der Waals surface area contributed by atoms with Gasteiger partial charge in [0.05, 0.1) is 21.3 Å². The van der Waals surface area contributed by atoms with Crippen LogP contribution in [0.5, 0.6) is 0 Å². The first-order valence-electron chi connectivity index (χ1n) is 5.19. The lowest BCUT2D eigenvalue weighted by Gasteiger charge is -2.10. The van der Waals surface area contributed by atoms with Crippen LogP contribution in [0.1, 0.15) is 10.4 Å². The highest BCUT2D eigenvalue weighted by Crippen LogP contribution is 2.30. The molecular formula is C13H7BrCl2FNO. The summed E-state index contributed by atoms with van der Waals surface area (Å²) in [4.78, 5) is 12.1. The highest BCUT2D eigenvalue weighted by atomic mass is 79.9. The van der Waals surface area contributed by atoms with E-state index in [9.17, 15) is 9.18 Å². The summed E-state index contributed by atoms with van der Waals surface area (Å²) in [6, 6.07) is 8.69. The zero-order valence-electron chi connectivity index (χ0n) is 9.38. The van der Waals surface area contributed by atoms with Gasteiger partial charge in [-0.25, -0.2) is 4.39 Å². The lowest BCUT2D eigenvalue weighted by Crippen LogP contribution is -2.13. The van der Waals surface area contributed by atoms with Crippen molar-refractivity contribution in [2.24, 2.45) is 0 Å². The van der Waals surface area contributed by atoms with Gasteiger partial charge in [-0.2, -0.15) is 0 Å². The third-order valence-corrected chi connectivity index (χ3v) is 3.66. The molecule has 0 aromatic heterocycles. The topological polar surface area (TPSA) is 29.1 Å². The Bertz CT molecular complexity index is 628. The fourth-order valence-corrected chi connectivity index (χ4v) is 2.49. The van der Waals surface area contributed by atoms with Crippen LogP contribution >= 0.6 is 39.1 Å². The van der Waals surface area contributed by atoms with Gasteiger partial charge in [0.1, 0.15) is 5.82 Å². The number of hydrogen-bond acceptors (Lipinski definition) is 1. The number of nitrogens with one attached hydrogen (secondary N) is 1. The van der Waals surface area contributed by atoms with Crippen molar-refractivity contribution in [1.29, 1.82) is 0 Å². The van der Waals surface area contributed by atoms with Crippen LogP contribution in [-0.4, -0.2) is 5.91 Å². The minimum Gasteiger partial charge on any atom is -0.319 e. The molecule has 2 aromatic carbocycles. The Hall–Kier alpha value is -1.10. The average molecular weight is 363 g/mol. The van der Waals surface area contributed by atoms with E-state index >= 15 is 0 Å². The van der Waals surface area contributed by atoms with E-state index in [2.05, 4.69) is 21.2 Å². The van der Waals surface area contributed by atoms with Crippen LogP contribution in [0, 0.1) is 5.82 Å². The zero-order chi connectivity index (χ0) is 14.0. The van der Waals surface area contributed by atoms with Gasteiger partial charge in [0.15, 0.2) is 0 Å². The van der Waals surface area contributed by atoms with Crippen molar-refractivity contribution in [1.82, 2.24) is 0 Å². The Labute approximate surface area is 127 Å². The molecule has 1 amide bonds. The van der Waals surface area contributed by atoms with Gasteiger partial charge >= 0.3 is 0 Å². The van der Waals surface area contributed by atoms with E-state index in [4.69, 9.17) is 23.2 Å². The van der Waals surface area contributed by atoms with Gasteiger partial charge in [-0.05, 0) is 46.3 Å². The standard InChI is InChI=1S/C13H7BrCl2FNO/c14-9-6-7(17)4-5-8(9)13(19)18-12-10(15)2-1-3-11(12)16/h1-6H,(H,18,19). The first-order chi connectivity index (χ1) is 8.99. The first-order valence-corrected chi connectivity index (χ1v) is 6.74. The maximum Gasteiger partial charge on any atom is 0.256 e. The Kier molecular flexibility index (Phi) is 4.45. The van der Waals surface area contributed by atoms with Crippen molar-refractivity contribution in [2.75, 3.05) is 5.32 Å². The van der Waals surface area contributed by atoms with Gasteiger partial charge in [0.2, 0.25) is 0 Å². The molecule has 1 N–H and O–H groups in total. The third-order valence-electron chi connectivity index (χ3n) is 2.38. The lowest BCUT2D eigenvalue weighted by atomic mass is 10.2. The van der Waals surface area contributed by atoms with Gasteiger partial charge < -0.3 is 5.32 Å². The van der Waals surface area contributed by atoms with Crippen LogP contribution < -0.4 is 5.32 Å². The van der Waals surface area contributed by atoms with Crippen molar-refractivity contribution in [3.05, 3.63) is 62.3 Å². The van der Waals surface area contributed by atoms with Crippen LogP contribution in [0.15, 0.2) is 40.9 Å². The second-order valence-electron chi connectivity index (χ2n) is 3.67. The molecule has 0 aliphatic heterocycles. The molecule has 0 heterocycles. The summed E-state index contributed by atoms with van der Waals surface area (Å²) in [5.74, 6) is -0.860. The first kappa shape index (κ1) is 14.3. The Morgan fingerprint density at radius 1 is 1.16 bits per heavy atom. The SMILES string of the molecule is O=C(Nc1c(Cl)cccc1Cl)c1ccc(F)cc1Br. The van der Waals surface area contributed by atoms with Gasteiger partial charge in [-0.1, -0.05) is 29.3 Å². The van der Waals surface area contributed by atoms with Crippen molar-refractivity contribution in [3.8, 4) is 0 Å². The molecule has 19 heavy (non-hydrogen) atoms. The molecule has 0 aliphatic rings. The number of anilines is 1. The van der Waals surface area contributed by atoms with Crippen LogP contribution in [0.2, 0.25) is 10.0 Å². The van der Waals surface area contributed by atoms with Crippen LogP contribution in [0.3, 0.4) is 0 Å². The Morgan fingerprint density at radius 2 is 1.79 bits per heavy atom. The molecule has 2 rings (SSSR count). The number of rotatable bonds is 2. The Balaban J connectivity index is 2.31. The lowest BCUT2D eigenvalue weighted by molar-refractivity contribution is 0.102. The Morgan fingerprint density at radius 3 is 2.37 bits per heavy atom. The van der Waals surface area contributed by atoms with E-state index in [0.717, 1.165) is 0 Å². The fraction of sp³-hybridized carbons (Fsp3) is 0. The van der Waals surface area contributed by atoms with E-state index in [-0.39, 0.29) is 5.56 Å². The molecular weight excluding hydrogens is 356 g/mol. The summed E-state index contributed by atoms with van der Waals surface area (Å²) >= 11 is 15.0. The zero-order valence-corrected chi connectivity index (χ0v) is 12.5. The van der Waals surface area contributed by atoms with Crippen molar-refractivity contribution in [2.45, 2.75) is 0 Å². The number of carbonyl (C=O) groups excluding carboxylic acids is 1. The number of amides is 1. The van der Waals surface area contributed by atoms with E-state index in [1.54, 1.807) is 18.2 Å². The van der Waals surface area contributed by atoms with Crippen molar-refractivity contribution >= 4 is 50.7 Å². The minimum atomic E-state index is -0.431. The summed E-state index contributed by atoms with van der Waals surface area (Å²) in [7, 11) is 0. The summed E-state index contributed by atoms with van der Waals surface area (Å²) < 4.78 is 13.3. The molecule has 2 aromatic rings. The predicted molar refractivity (Wildman–Crippen MR) is 78.5 cm³/mol. The number of benzene rings is 2. The predicted octanol–water partition coefficient (Wildman–Crippen LogP) is 5.15. The van der Waals surface area contributed by atoms with Gasteiger partial charge in [0.25, 0.3) is 5.91 Å². The summed E-state index contributed by atoms with van der Waals surface area (Å²) in [5.41, 5.74) is 0.615. The monoisotopic (exact) mass is 361 g/mol. The molecule has 0 aliphatic carbocycles. The maximum absolute atomic E-state index is 13.0. The van der Waals surface area contributed by atoms with Crippen molar-refractivity contribution in [3.63, 3.8) is 0 Å². The smallest absolute Gasteiger partial charge is 0.256 e. The van der Waals surface area contributed by atoms with E-state index in [1.807, 2.05) is 0 Å². The molecule has 6 heteroatoms. The molecule has 0 fully saturated rings. The van der Waals surface area contributed by atoms with Crippen molar-refractivity contribution < 1.29 is 9.18 Å². The summed E-state index contributed by atoms with van der Waals surface area (Å²) in [6.45, 7) is 0. The average Bonchev–Trinajstić information content (AvgIpc) is 2.33. The second-order valence-corrected chi connectivity index (χ2v) is 5.34. The number of carbonyl (C=O) groups is 1. The van der Waals surface area contributed by atoms with Crippen LogP contribution in [0.4, 0.5) is 10.1 Å². The molecule has 2 nitrogen and oxygen atoms in total. The molecule has 0 saturated heterocycles. The highest BCUT2D eigenvalue weighted by Gasteiger charge is 2.14. The molecule has 0 bridgehead atoms. The third kappa shape index (κ3) is 3.26. The van der Waals surface area contributed by atoms with E-state index < -0.39 is 11.7 Å².